The number of para-hydroxylation sites is 1. The molecule has 0 saturated heterocycles. The highest BCUT2D eigenvalue weighted by Crippen LogP contribution is 2.35. The van der Waals surface area contributed by atoms with Crippen molar-refractivity contribution >= 4 is 23.1 Å². The molecule has 0 aliphatic carbocycles. The molecule has 1 aliphatic rings. The Morgan fingerprint density at radius 3 is 2.26 bits per heavy atom. The summed E-state index contributed by atoms with van der Waals surface area (Å²) >= 11 is 0. The third kappa shape index (κ3) is 3.97. The van der Waals surface area contributed by atoms with Crippen molar-refractivity contribution in [2.45, 2.75) is 20.4 Å². The predicted molar refractivity (Wildman–Crippen MR) is 118 cm³/mol. The molecule has 0 fully saturated rings. The van der Waals surface area contributed by atoms with Gasteiger partial charge in [-0.15, -0.1) is 0 Å². The van der Waals surface area contributed by atoms with Crippen LogP contribution in [-0.2, 0) is 16.1 Å². The number of carbonyl (C=O) groups excluding carboxylic acids is 2. The molecule has 31 heavy (non-hydrogen) atoms. The number of furan rings is 1. The fourth-order valence-electron chi connectivity index (χ4n) is 3.74. The minimum atomic E-state index is -0.338. The number of likely N-dealkylation sites (N-methyl/N-ethyl adjacent to an activating group) is 1. The number of rotatable bonds is 8. The number of anilines is 1. The molecule has 0 radical (unpaired) electrons. The first kappa shape index (κ1) is 20.5. The Morgan fingerprint density at radius 2 is 1.65 bits per heavy atom. The van der Waals surface area contributed by atoms with Crippen LogP contribution in [0.3, 0.4) is 0 Å². The van der Waals surface area contributed by atoms with Crippen LogP contribution in [0.15, 0.2) is 83.1 Å². The molecular weight excluding hydrogens is 392 g/mol. The Balaban J connectivity index is 1.80. The van der Waals surface area contributed by atoms with Gasteiger partial charge in [-0.3, -0.25) is 14.5 Å². The van der Waals surface area contributed by atoms with Gasteiger partial charge in [0.2, 0.25) is 0 Å². The van der Waals surface area contributed by atoms with Crippen molar-refractivity contribution in [3.8, 4) is 5.75 Å². The molecule has 158 valence electrons. The van der Waals surface area contributed by atoms with E-state index in [9.17, 15) is 9.59 Å². The van der Waals surface area contributed by atoms with Crippen LogP contribution in [0.5, 0.6) is 5.75 Å². The number of hydrogen-bond donors (Lipinski definition) is 0. The van der Waals surface area contributed by atoms with E-state index in [1.807, 2.05) is 73.3 Å². The van der Waals surface area contributed by atoms with E-state index in [1.165, 1.54) is 11.2 Å². The number of hydrogen-bond acceptors (Lipinski definition) is 5. The Morgan fingerprint density at radius 1 is 0.903 bits per heavy atom. The summed E-state index contributed by atoms with van der Waals surface area (Å²) in [5, 5.41) is 0. The lowest BCUT2D eigenvalue weighted by atomic mass is 10.0. The van der Waals surface area contributed by atoms with Crippen LogP contribution in [0.4, 0.5) is 5.69 Å². The summed E-state index contributed by atoms with van der Waals surface area (Å²) in [6.45, 7) is 5.05. The number of carbonyl (C=O) groups is 2. The normalized spacial score (nSPS) is 13.8. The summed E-state index contributed by atoms with van der Waals surface area (Å²) in [4.78, 5) is 30.1. The van der Waals surface area contributed by atoms with Crippen LogP contribution >= 0.6 is 0 Å². The summed E-state index contributed by atoms with van der Waals surface area (Å²) in [5.74, 6) is 0.593. The molecule has 1 aliphatic heterocycles. The van der Waals surface area contributed by atoms with E-state index in [-0.39, 0.29) is 18.4 Å². The molecule has 2 heterocycles. The molecule has 4 rings (SSSR count). The first-order valence-corrected chi connectivity index (χ1v) is 10.3. The Bertz CT molecular complexity index is 1090. The van der Waals surface area contributed by atoms with Gasteiger partial charge in [0.1, 0.15) is 17.2 Å². The van der Waals surface area contributed by atoms with Crippen molar-refractivity contribution in [2.75, 3.05) is 18.1 Å². The van der Waals surface area contributed by atoms with Crippen LogP contribution in [0.2, 0.25) is 0 Å². The lowest BCUT2D eigenvalue weighted by Gasteiger charge is -2.24. The molecule has 0 spiro atoms. The molecule has 0 atom stereocenters. The number of amides is 2. The third-order valence-corrected chi connectivity index (χ3v) is 5.15. The van der Waals surface area contributed by atoms with Crippen LogP contribution in [0.25, 0.3) is 5.57 Å². The summed E-state index contributed by atoms with van der Waals surface area (Å²) < 4.78 is 10.9. The number of ether oxygens (including phenoxy) is 1. The van der Waals surface area contributed by atoms with Crippen molar-refractivity contribution in [3.05, 3.63) is 90.0 Å². The monoisotopic (exact) mass is 416 g/mol. The Kier molecular flexibility index (Phi) is 5.89. The highest BCUT2D eigenvalue weighted by atomic mass is 16.5. The van der Waals surface area contributed by atoms with Gasteiger partial charge in [0.05, 0.1) is 25.0 Å². The zero-order valence-electron chi connectivity index (χ0n) is 17.6. The first-order valence-electron chi connectivity index (χ1n) is 10.3. The van der Waals surface area contributed by atoms with Crippen LogP contribution in [-0.4, -0.2) is 29.9 Å². The van der Waals surface area contributed by atoms with Gasteiger partial charge < -0.3 is 14.1 Å². The van der Waals surface area contributed by atoms with E-state index in [0.29, 0.717) is 41.5 Å². The summed E-state index contributed by atoms with van der Waals surface area (Å²) in [6.07, 6.45) is 1.53. The van der Waals surface area contributed by atoms with E-state index in [1.54, 1.807) is 12.1 Å². The highest BCUT2D eigenvalue weighted by Gasteiger charge is 2.42. The lowest BCUT2D eigenvalue weighted by molar-refractivity contribution is -0.137. The zero-order valence-corrected chi connectivity index (χ0v) is 17.6. The van der Waals surface area contributed by atoms with Gasteiger partial charge in [0, 0.05) is 12.2 Å². The van der Waals surface area contributed by atoms with Crippen molar-refractivity contribution in [3.63, 3.8) is 0 Å². The molecule has 1 aromatic heterocycles. The van der Waals surface area contributed by atoms with E-state index >= 15 is 0 Å². The van der Waals surface area contributed by atoms with Gasteiger partial charge in [-0.2, -0.15) is 0 Å². The molecule has 6 nitrogen and oxygen atoms in total. The maximum absolute atomic E-state index is 13.5. The number of nitrogens with zero attached hydrogens (tertiary/aromatic N) is 2. The second-order valence-electron chi connectivity index (χ2n) is 7.04. The lowest BCUT2D eigenvalue weighted by Crippen LogP contribution is -2.34. The number of benzene rings is 2. The summed E-state index contributed by atoms with van der Waals surface area (Å²) in [6, 6.07) is 20.4. The second kappa shape index (κ2) is 8.92. The van der Waals surface area contributed by atoms with E-state index < -0.39 is 0 Å². The van der Waals surface area contributed by atoms with E-state index in [0.717, 1.165) is 5.69 Å². The van der Waals surface area contributed by atoms with Gasteiger partial charge in [0.25, 0.3) is 11.8 Å². The van der Waals surface area contributed by atoms with Gasteiger partial charge in [-0.1, -0.05) is 30.3 Å². The molecule has 2 amide bonds. The van der Waals surface area contributed by atoms with Crippen LogP contribution in [0, 0.1) is 0 Å². The molecular formula is C25H24N2O4. The predicted octanol–water partition coefficient (Wildman–Crippen LogP) is 4.48. The maximum atomic E-state index is 13.5. The Hall–Kier alpha value is -3.80. The highest BCUT2D eigenvalue weighted by molar-refractivity contribution is 6.36. The Labute approximate surface area is 181 Å². The minimum absolute atomic E-state index is 0.0844. The molecule has 0 N–H and O–H groups in total. The topological polar surface area (TPSA) is 63.0 Å². The molecule has 0 saturated carbocycles. The van der Waals surface area contributed by atoms with Crippen molar-refractivity contribution in [1.29, 1.82) is 0 Å². The largest absolute Gasteiger partial charge is 0.494 e. The molecule has 0 bridgehead atoms. The average molecular weight is 416 g/mol. The number of imide groups is 1. The first-order chi connectivity index (χ1) is 15.1. The molecule has 3 aromatic rings. The quantitative estimate of drug-likeness (QED) is 0.507. The third-order valence-electron chi connectivity index (χ3n) is 5.15. The molecule has 0 unspecified atom stereocenters. The van der Waals surface area contributed by atoms with Crippen LogP contribution in [0.1, 0.15) is 25.2 Å². The molecule has 2 aromatic carbocycles. The van der Waals surface area contributed by atoms with E-state index in [2.05, 4.69) is 0 Å². The van der Waals surface area contributed by atoms with E-state index in [4.69, 9.17) is 9.15 Å². The van der Waals surface area contributed by atoms with Gasteiger partial charge >= 0.3 is 0 Å². The van der Waals surface area contributed by atoms with Crippen LogP contribution < -0.4 is 9.64 Å². The fraction of sp³-hybridized carbons (Fsp3) is 0.200. The average Bonchev–Trinajstić information content (AvgIpc) is 3.39. The molecule has 6 heteroatoms. The maximum Gasteiger partial charge on any atom is 0.278 e. The van der Waals surface area contributed by atoms with Gasteiger partial charge in [0.15, 0.2) is 0 Å². The van der Waals surface area contributed by atoms with Gasteiger partial charge in [-0.25, -0.2) is 0 Å². The van der Waals surface area contributed by atoms with Crippen molar-refractivity contribution in [1.82, 2.24) is 4.90 Å². The fourth-order valence-corrected chi connectivity index (χ4v) is 3.74. The summed E-state index contributed by atoms with van der Waals surface area (Å²) in [7, 11) is 0. The minimum Gasteiger partial charge on any atom is -0.494 e. The second-order valence-corrected chi connectivity index (χ2v) is 7.04. The standard InChI is InChI=1S/C25H24N2O4/c1-3-26(19-9-6-5-7-10-19)23-22(18-12-14-20(15-13-18)30-4-2)24(28)27(25(23)29)17-21-11-8-16-31-21/h5-16H,3-4,17H2,1-2H3. The smallest absolute Gasteiger partial charge is 0.278 e. The van der Waals surface area contributed by atoms with Crippen molar-refractivity contribution < 1.29 is 18.7 Å². The van der Waals surface area contributed by atoms with Crippen molar-refractivity contribution in [2.24, 2.45) is 0 Å². The summed E-state index contributed by atoms with van der Waals surface area (Å²) in [5.41, 5.74) is 2.28. The van der Waals surface area contributed by atoms with Gasteiger partial charge in [-0.05, 0) is 55.8 Å². The zero-order chi connectivity index (χ0) is 21.8. The SMILES string of the molecule is CCOc1ccc(C2=C(N(CC)c3ccccc3)C(=O)N(Cc3ccco3)C2=O)cc1.